The first-order valence-electron chi connectivity index (χ1n) is 11.9. The smallest absolute Gasteiger partial charge is 0.254 e. The number of rotatable bonds is 5. The first-order valence-corrected chi connectivity index (χ1v) is 13.1. The van der Waals surface area contributed by atoms with Gasteiger partial charge < -0.3 is 4.90 Å². The molecule has 36 heavy (non-hydrogen) atoms. The van der Waals surface area contributed by atoms with E-state index in [4.69, 9.17) is 16.6 Å². The minimum absolute atomic E-state index is 0.0378. The molecule has 1 atom stereocenters. The van der Waals surface area contributed by atoms with E-state index in [2.05, 4.69) is 60.8 Å². The monoisotopic (exact) mass is 514 g/mol. The molecule has 7 heteroatoms. The predicted molar refractivity (Wildman–Crippen MR) is 147 cm³/mol. The highest BCUT2D eigenvalue weighted by Crippen LogP contribution is 2.30. The number of aryl methyl sites for hydroxylation is 2. The largest absolute Gasteiger partial charge is 0.331 e. The minimum atomic E-state index is 0.0378. The van der Waals surface area contributed by atoms with Crippen LogP contribution in [-0.4, -0.2) is 26.8 Å². The molecule has 0 saturated carbocycles. The number of anilines is 1. The van der Waals surface area contributed by atoms with Gasteiger partial charge in [-0.25, -0.2) is 9.97 Å². The van der Waals surface area contributed by atoms with Gasteiger partial charge in [-0.2, -0.15) is 0 Å². The summed E-state index contributed by atoms with van der Waals surface area (Å²) in [6, 6.07) is 24.1. The van der Waals surface area contributed by atoms with Crippen molar-refractivity contribution in [2.24, 2.45) is 0 Å². The van der Waals surface area contributed by atoms with Crippen molar-refractivity contribution in [3.63, 3.8) is 0 Å². The van der Waals surface area contributed by atoms with Crippen LogP contribution in [-0.2, 0) is 13.0 Å². The fourth-order valence-corrected chi connectivity index (χ4v) is 5.54. The predicted octanol–water partition coefficient (Wildman–Crippen LogP) is 7.12. The first-order chi connectivity index (χ1) is 17.4. The molecule has 0 aliphatic carbocycles. The highest BCUT2D eigenvalue weighted by Gasteiger charge is 2.27. The molecule has 0 fully saturated rings. The van der Waals surface area contributed by atoms with Gasteiger partial charge in [0, 0.05) is 34.7 Å². The maximum atomic E-state index is 13.4. The van der Waals surface area contributed by atoms with Crippen LogP contribution in [0.3, 0.4) is 0 Å². The van der Waals surface area contributed by atoms with Gasteiger partial charge in [-0.3, -0.25) is 9.52 Å². The number of nitrogens with zero attached hydrogens (tertiary/aromatic N) is 3. The molecule has 4 aromatic rings. The lowest BCUT2D eigenvalue weighted by atomic mass is 9.94. The number of nitrogens with one attached hydrogen (secondary N) is 1. The second kappa shape index (κ2) is 10.3. The van der Waals surface area contributed by atoms with Crippen molar-refractivity contribution < 1.29 is 4.79 Å². The summed E-state index contributed by atoms with van der Waals surface area (Å²) in [5.74, 6) is 0.457. The zero-order chi connectivity index (χ0) is 25.2. The van der Waals surface area contributed by atoms with Crippen LogP contribution in [0.25, 0.3) is 11.3 Å². The van der Waals surface area contributed by atoms with E-state index in [1.54, 1.807) is 6.07 Å². The van der Waals surface area contributed by atoms with Crippen molar-refractivity contribution in [3.05, 3.63) is 106 Å². The molecular weight excluding hydrogens is 488 g/mol. The molecule has 2 heterocycles. The third-order valence-corrected chi connectivity index (χ3v) is 7.51. The quantitative estimate of drug-likeness (QED) is 0.227. The lowest BCUT2D eigenvalue weighted by Gasteiger charge is -2.35. The molecule has 0 radical (unpaired) electrons. The summed E-state index contributed by atoms with van der Waals surface area (Å²) in [7, 11) is 0. The summed E-state index contributed by atoms with van der Waals surface area (Å²) < 4.78 is 3.20. The van der Waals surface area contributed by atoms with Gasteiger partial charge in [0.15, 0.2) is 0 Å². The second-order valence-electron chi connectivity index (χ2n) is 9.15. The molecule has 1 aliphatic heterocycles. The van der Waals surface area contributed by atoms with E-state index in [9.17, 15) is 4.79 Å². The number of halogens is 1. The summed E-state index contributed by atoms with van der Waals surface area (Å²) in [6.45, 7) is 6.86. The number of benzene rings is 3. The van der Waals surface area contributed by atoms with Gasteiger partial charge in [-0.15, -0.1) is 0 Å². The van der Waals surface area contributed by atoms with Crippen molar-refractivity contribution in [2.75, 3.05) is 4.72 Å². The highest BCUT2D eigenvalue weighted by atomic mass is 35.5. The Morgan fingerprint density at radius 1 is 0.972 bits per heavy atom. The Bertz CT molecular complexity index is 1420. The lowest BCUT2D eigenvalue weighted by molar-refractivity contribution is 0.0658. The molecule has 0 unspecified atom stereocenters. The van der Waals surface area contributed by atoms with Crippen molar-refractivity contribution >= 4 is 35.4 Å². The summed E-state index contributed by atoms with van der Waals surface area (Å²) in [5, 5.41) is 0.369. The molecule has 0 spiro atoms. The van der Waals surface area contributed by atoms with E-state index in [0.717, 1.165) is 33.7 Å². The zero-order valence-corrected chi connectivity index (χ0v) is 22.0. The summed E-state index contributed by atoms with van der Waals surface area (Å²) in [6.07, 6.45) is 0.868. The molecule has 0 saturated heterocycles. The summed E-state index contributed by atoms with van der Waals surface area (Å²) in [4.78, 5) is 25.3. The van der Waals surface area contributed by atoms with Crippen LogP contribution in [0.5, 0.6) is 0 Å². The van der Waals surface area contributed by atoms with Crippen LogP contribution in [0.1, 0.15) is 39.5 Å². The number of amides is 1. The van der Waals surface area contributed by atoms with Crippen molar-refractivity contribution in [3.8, 4) is 11.3 Å². The van der Waals surface area contributed by atoms with Crippen LogP contribution < -0.4 is 4.72 Å². The molecule has 5 nitrogen and oxygen atoms in total. The van der Waals surface area contributed by atoms with Gasteiger partial charge in [-0.1, -0.05) is 60.1 Å². The van der Waals surface area contributed by atoms with Crippen molar-refractivity contribution in [2.45, 2.75) is 44.7 Å². The molecule has 182 valence electrons. The second-order valence-corrected chi connectivity index (χ2v) is 10.4. The van der Waals surface area contributed by atoms with Crippen LogP contribution in [0, 0.1) is 13.8 Å². The standard InChI is InChI=1S/C29H27ClN4OS/c1-18-8-6-9-19(2)27(18)25-16-26(30)32-29(31-25)33-36-24-13-7-12-22(15-24)28(35)34-17-23-11-5-4-10-21(23)14-20(34)3/h4-13,15-16,20H,14,17H2,1-3H3,(H,31,32,33)/t20-/m0/s1. The first kappa shape index (κ1) is 24.3. The fourth-order valence-electron chi connectivity index (χ4n) is 4.72. The third-order valence-electron chi connectivity index (χ3n) is 6.54. The van der Waals surface area contributed by atoms with Crippen LogP contribution in [0.2, 0.25) is 5.15 Å². The molecular formula is C29H27ClN4OS. The normalized spacial score (nSPS) is 14.9. The Morgan fingerprint density at radius 3 is 2.47 bits per heavy atom. The van der Waals surface area contributed by atoms with E-state index in [0.29, 0.717) is 23.2 Å². The van der Waals surface area contributed by atoms with Crippen molar-refractivity contribution in [1.82, 2.24) is 14.9 Å². The molecule has 1 aliphatic rings. The van der Waals surface area contributed by atoms with E-state index in [1.807, 2.05) is 41.3 Å². The number of hydrogen-bond acceptors (Lipinski definition) is 5. The number of fused-ring (bicyclic) bond motifs is 1. The average Bonchev–Trinajstić information content (AvgIpc) is 2.86. The van der Waals surface area contributed by atoms with Crippen molar-refractivity contribution in [1.29, 1.82) is 0 Å². The summed E-state index contributed by atoms with van der Waals surface area (Å²) in [5.41, 5.74) is 7.29. The average molecular weight is 515 g/mol. The van der Waals surface area contributed by atoms with E-state index < -0.39 is 0 Å². The van der Waals surface area contributed by atoms with E-state index in [-0.39, 0.29) is 11.9 Å². The Kier molecular flexibility index (Phi) is 6.99. The van der Waals surface area contributed by atoms with Gasteiger partial charge >= 0.3 is 0 Å². The van der Waals surface area contributed by atoms with E-state index >= 15 is 0 Å². The molecule has 0 bridgehead atoms. The Hall–Kier alpha value is -3.35. The number of carbonyl (C=O) groups excluding carboxylic acids is 1. The Labute approximate surface area is 221 Å². The minimum Gasteiger partial charge on any atom is -0.331 e. The highest BCUT2D eigenvalue weighted by molar-refractivity contribution is 8.00. The molecule has 5 rings (SSSR count). The lowest BCUT2D eigenvalue weighted by Crippen LogP contribution is -2.42. The van der Waals surface area contributed by atoms with Crippen LogP contribution >= 0.6 is 23.5 Å². The maximum absolute atomic E-state index is 13.4. The fraction of sp³-hybridized carbons (Fsp3) is 0.207. The number of aromatic nitrogens is 2. The van der Waals surface area contributed by atoms with Crippen LogP contribution in [0.15, 0.2) is 77.7 Å². The summed E-state index contributed by atoms with van der Waals surface area (Å²) >= 11 is 7.70. The Balaban J connectivity index is 1.33. The molecule has 1 amide bonds. The topological polar surface area (TPSA) is 58.1 Å². The SMILES string of the molecule is Cc1cccc(C)c1-c1cc(Cl)nc(NSc2cccc(C(=O)N3Cc4ccccc4C[C@@H]3C)c2)n1. The zero-order valence-electron chi connectivity index (χ0n) is 20.5. The molecule has 1 aromatic heterocycles. The number of carbonyl (C=O) groups is 1. The maximum Gasteiger partial charge on any atom is 0.254 e. The van der Waals surface area contributed by atoms with Gasteiger partial charge in [0.25, 0.3) is 5.91 Å². The van der Waals surface area contributed by atoms with Gasteiger partial charge in [0.1, 0.15) is 5.15 Å². The Morgan fingerprint density at radius 2 is 1.69 bits per heavy atom. The van der Waals surface area contributed by atoms with Gasteiger partial charge in [-0.05, 0) is 79.6 Å². The van der Waals surface area contributed by atoms with Crippen LogP contribution in [0.4, 0.5) is 5.95 Å². The van der Waals surface area contributed by atoms with Gasteiger partial charge in [0.05, 0.1) is 5.69 Å². The third kappa shape index (κ3) is 5.11. The number of hydrogen-bond donors (Lipinski definition) is 1. The molecule has 1 N–H and O–H groups in total. The molecule has 3 aromatic carbocycles. The van der Waals surface area contributed by atoms with E-state index in [1.165, 1.54) is 23.1 Å². The van der Waals surface area contributed by atoms with Gasteiger partial charge in [0.2, 0.25) is 5.95 Å².